The lowest BCUT2D eigenvalue weighted by Crippen LogP contribution is -2.36. The number of nitrogens with one attached hydrogen (secondary N) is 1. The molecule has 1 N–H and O–H groups in total. The summed E-state index contributed by atoms with van der Waals surface area (Å²) in [7, 11) is 6.22. The molecule has 0 aromatic heterocycles. The topological polar surface area (TPSA) is 56.1 Å². The second kappa shape index (κ2) is 6.47. The number of ether oxygens (including phenoxy) is 1. The quantitative estimate of drug-likeness (QED) is 0.260. The minimum atomic E-state index is -0.939. The molecule has 0 heterocycles. The summed E-state index contributed by atoms with van der Waals surface area (Å²) in [6, 6.07) is 0. The largest absolute Gasteiger partial charge is 0.600 e. The van der Waals surface area contributed by atoms with Crippen molar-refractivity contribution >= 4 is 30.1 Å². The minimum Gasteiger partial charge on any atom is -0.600 e. The van der Waals surface area contributed by atoms with Gasteiger partial charge in [0.2, 0.25) is 0 Å². The fourth-order valence-electron chi connectivity index (χ4n) is 0.704. The standard InChI is InChI=1S/C7H16N2O2.HI/c1-9(2,3)5-4-6-11-7(8)10;/h4-6H2,1-3H3,(H-,8,10);1H. The van der Waals surface area contributed by atoms with Gasteiger partial charge < -0.3 is 14.3 Å². The van der Waals surface area contributed by atoms with Crippen LogP contribution in [-0.2, 0) is 4.74 Å². The zero-order chi connectivity index (χ0) is 8.91. The Bertz CT molecular complexity index is 134. The number of hydrogen-bond acceptors (Lipinski definition) is 3. The first-order valence-electron chi connectivity index (χ1n) is 3.60. The van der Waals surface area contributed by atoms with Gasteiger partial charge in [-0.1, -0.05) is 0 Å². The lowest BCUT2D eigenvalue weighted by molar-refractivity contribution is -0.870. The van der Waals surface area contributed by atoms with Gasteiger partial charge in [0.1, 0.15) is 6.08 Å². The fraction of sp³-hybridized carbons (Fsp3) is 0.857. The van der Waals surface area contributed by atoms with Crippen molar-refractivity contribution in [2.75, 3.05) is 34.3 Å². The van der Waals surface area contributed by atoms with Crippen molar-refractivity contribution in [2.45, 2.75) is 6.42 Å². The van der Waals surface area contributed by atoms with Crippen LogP contribution in [0.5, 0.6) is 0 Å². The van der Waals surface area contributed by atoms with Gasteiger partial charge >= 0.3 is 0 Å². The van der Waals surface area contributed by atoms with Gasteiger partial charge in [-0.25, -0.2) is 0 Å². The molecule has 0 saturated carbocycles. The molecule has 0 radical (unpaired) electrons. The lowest BCUT2D eigenvalue weighted by atomic mass is 10.4. The first-order chi connectivity index (χ1) is 4.92. The molecule has 74 valence electrons. The van der Waals surface area contributed by atoms with E-state index in [9.17, 15) is 5.11 Å². The Balaban J connectivity index is 0. The highest BCUT2D eigenvalue weighted by Gasteiger charge is 2.03. The molecule has 0 fully saturated rings. The second-order valence-electron chi connectivity index (χ2n) is 3.50. The van der Waals surface area contributed by atoms with E-state index in [0.29, 0.717) is 6.61 Å². The first-order valence-corrected chi connectivity index (χ1v) is 3.60. The molecule has 0 aliphatic heterocycles. The smallest absolute Gasteiger partial charge is 0.142 e. The van der Waals surface area contributed by atoms with Crippen LogP contribution in [0, 0.1) is 5.41 Å². The molecular weight excluding hydrogens is 271 g/mol. The molecule has 0 bridgehead atoms. The molecule has 0 atom stereocenters. The van der Waals surface area contributed by atoms with E-state index in [1.807, 2.05) is 0 Å². The van der Waals surface area contributed by atoms with Crippen LogP contribution in [0.15, 0.2) is 0 Å². The molecule has 0 aliphatic carbocycles. The predicted octanol–water partition coefficient (Wildman–Crippen LogP) is 0.0124. The minimum absolute atomic E-state index is 0. The highest BCUT2D eigenvalue weighted by molar-refractivity contribution is 14.0. The van der Waals surface area contributed by atoms with Crippen LogP contribution in [0.4, 0.5) is 0 Å². The van der Waals surface area contributed by atoms with E-state index in [4.69, 9.17) is 5.41 Å². The highest BCUT2D eigenvalue weighted by atomic mass is 127. The Hall–Kier alpha value is -0.0400. The average Bonchev–Trinajstić information content (AvgIpc) is 1.78. The van der Waals surface area contributed by atoms with Crippen LogP contribution in [0.2, 0.25) is 0 Å². The number of halogens is 1. The van der Waals surface area contributed by atoms with Gasteiger partial charge in [-0.3, -0.25) is 5.41 Å². The summed E-state index contributed by atoms with van der Waals surface area (Å²) in [5.41, 5.74) is 0. The van der Waals surface area contributed by atoms with Crippen molar-refractivity contribution in [2.24, 2.45) is 0 Å². The summed E-state index contributed by atoms with van der Waals surface area (Å²) in [4.78, 5) is 0. The Morgan fingerprint density at radius 1 is 1.42 bits per heavy atom. The number of nitrogens with zero attached hydrogens (tertiary/aromatic N) is 1. The van der Waals surface area contributed by atoms with E-state index in [1.165, 1.54) is 0 Å². The highest BCUT2D eigenvalue weighted by Crippen LogP contribution is 1.93. The predicted molar refractivity (Wildman–Crippen MR) is 56.6 cm³/mol. The van der Waals surface area contributed by atoms with Crippen molar-refractivity contribution < 1.29 is 14.3 Å². The van der Waals surface area contributed by atoms with Gasteiger partial charge in [0.25, 0.3) is 0 Å². The van der Waals surface area contributed by atoms with E-state index in [0.717, 1.165) is 17.4 Å². The van der Waals surface area contributed by atoms with E-state index < -0.39 is 6.08 Å². The molecule has 0 aromatic carbocycles. The maximum absolute atomic E-state index is 10.0. The van der Waals surface area contributed by atoms with Crippen LogP contribution in [0.1, 0.15) is 6.42 Å². The molecule has 0 aromatic rings. The second-order valence-corrected chi connectivity index (χ2v) is 3.50. The Morgan fingerprint density at radius 2 is 1.92 bits per heavy atom. The Morgan fingerprint density at radius 3 is 2.25 bits per heavy atom. The molecule has 5 heteroatoms. The third kappa shape index (κ3) is 12.6. The van der Waals surface area contributed by atoms with Gasteiger partial charge in [0, 0.05) is 13.0 Å². The third-order valence-corrected chi connectivity index (χ3v) is 1.21. The molecule has 12 heavy (non-hydrogen) atoms. The van der Waals surface area contributed by atoms with E-state index in [2.05, 4.69) is 25.9 Å². The lowest BCUT2D eigenvalue weighted by Gasteiger charge is -2.24. The van der Waals surface area contributed by atoms with Crippen LogP contribution >= 0.6 is 24.0 Å². The van der Waals surface area contributed by atoms with Crippen molar-refractivity contribution in [1.29, 1.82) is 5.41 Å². The van der Waals surface area contributed by atoms with E-state index >= 15 is 0 Å². The molecule has 4 nitrogen and oxygen atoms in total. The summed E-state index contributed by atoms with van der Waals surface area (Å²) in [5, 5.41) is 16.5. The third-order valence-electron chi connectivity index (χ3n) is 1.21. The fourth-order valence-corrected chi connectivity index (χ4v) is 0.704. The number of rotatable bonds is 4. The van der Waals surface area contributed by atoms with Gasteiger partial charge in [-0.05, 0) is 0 Å². The average molecular weight is 288 g/mol. The van der Waals surface area contributed by atoms with Crippen molar-refractivity contribution in [3.63, 3.8) is 0 Å². The molecular formula is C7H17IN2O2. The number of quaternary nitrogens is 1. The van der Waals surface area contributed by atoms with Crippen LogP contribution < -0.4 is 5.11 Å². The Labute approximate surface area is 90.6 Å². The van der Waals surface area contributed by atoms with Crippen molar-refractivity contribution in [1.82, 2.24) is 0 Å². The molecule has 0 aliphatic rings. The van der Waals surface area contributed by atoms with Gasteiger partial charge in [0.05, 0.1) is 27.7 Å². The maximum Gasteiger partial charge on any atom is 0.142 e. The summed E-state index contributed by atoms with van der Waals surface area (Å²) in [6.45, 7) is 1.31. The van der Waals surface area contributed by atoms with Crippen LogP contribution in [0.3, 0.4) is 0 Å². The summed E-state index contributed by atoms with van der Waals surface area (Å²) >= 11 is 0. The van der Waals surface area contributed by atoms with E-state index in [-0.39, 0.29) is 24.0 Å². The molecule has 0 unspecified atom stereocenters. The summed E-state index contributed by atoms with van der Waals surface area (Å²) < 4.78 is 5.31. The maximum atomic E-state index is 10.0. The van der Waals surface area contributed by atoms with Gasteiger partial charge in [-0.15, -0.1) is 24.0 Å². The normalized spacial score (nSPS) is 10.2. The summed E-state index contributed by atoms with van der Waals surface area (Å²) in [5.74, 6) is 0. The monoisotopic (exact) mass is 288 g/mol. The van der Waals surface area contributed by atoms with Crippen LogP contribution in [-0.4, -0.2) is 44.9 Å². The first kappa shape index (κ1) is 14.5. The van der Waals surface area contributed by atoms with Crippen molar-refractivity contribution in [3.8, 4) is 0 Å². The van der Waals surface area contributed by atoms with Gasteiger partial charge in [-0.2, -0.15) is 0 Å². The van der Waals surface area contributed by atoms with E-state index in [1.54, 1.807) is 0 Å². The molecule has 0 saturated heterocycles. The number of hydrogen-bond donors (Lipinski definition) is 1. The van der Waals surface area contributed by atoms with Gasteiger partial charge in [0.15, 0.2) is 0 Å². The zero-order valence-corrected chi connectivity index (χ0v) is 10.1. The Kier molecular flexibility index (Phi) is 7.81. The zero-order valence-electron chi connectivity index (χ0n) is 7.79. The van der Waals surface area contributed by atoms with Crippen molar-refractivity contribution in [3.05, 3.63) is 0 Å². The SMILES string of the molecule is C[N+](C)(C)CCCOC(=N)[O-].I. The molecule has 0 spiro atoms. The van der Waals surface area contributed by atoms with Crippen LogP contribution in [0.25, 0.3) is 0 Å². The summed E-state index contributed by atoms with van der Waals surface area (Å²) in [6.07, 6.45) is -0.125. The molecule has 0 amide bonds. The molecule has 0 rings (SSSR count).